The summed E-state index contributed by atoms with van der Waals surface area (Å²) >= 11 is 0. The van der Waals surface area contributed by atoms with E-state index in [9.17, 15) is 4.79 Å². The maximum Gasteiger partial charge on any atom is 0.261 e. The SMILES string of the molecule is Cc1cc(OCC(=O)N2CCC[C@@H]2c2ccc3c(c2)OCCO3)ccc1C(C)C. The van der Waals surface area contributed by atoms with Crippen molar-refractivity contribution >= 4 is 5.91 Å². The van der Waals surface area contributed by atoms with Crippen LogP contribution < -0.4 is 14.2 Å². The van der Waals surface area contributed by atoms with Gasteiger partial charge < -0.3 is 19.1 Å². The fraction of sp³-hybridized carbons (Fsp3) is 0.458. The number of rotatable bonds is 5. The van der Waals surface area contributed by atoms with Crippen LogP contribution in [-0.4, -0.2) is 37.2 Å². The third kappa shape index (κ3) is 4.19. The summed E-state index contributed by atoms with van der Waals surface area (Å²) in [5.41, 5.74) is 3.60. The van der Waals surface area contributed by atoms with E-state index in [1.165, 1.54) is 11.1 Å². The molecule has 0 aliphatic carbocycles. The number of benzene rings is 2. The number of fused-ring (bicyclic) bond motifs is 1. The van der Waals surface area contributed by atoms with Gasteiger partial charge in [-0.3, -0.25) is 4.79 Å². The van der Waals surface area contributed by atoms with E-state index in [2.05, 4.69) is 26.8 Å². The van der Waals surface area contributed by atoms with Crippen LogP contribution in [0.25, 0.3) is 0 Å². The van der Waals surface area contributed by atoms with Crippen LogP contribution in [0.3, 0.4) is 0 Å². The van der Waals surface area contributed by atoms with E-state index >= 15 is 0 Å². The average Bonchev–Trinajstić information content (AvgIpc) is 3.21. The van der Waals surface area contributed by atoms with Gasteiger partial charge in [-0.2, -0.15) is 0 Å². The van der Waals surface area contributed by atoms with Crippen molar-refractivity contribution in [2.45, 2.75) is 45.6 Å². The van der Waals surface area contributed by atoms with Crippen molar-refractivity contribution in [1.82, 2.24) is 4.90 Å². The largest absolute Gasteiger partial charge is 0.486 e. The average molecular weight is 395 g/mol. The fourth-order valence-electron chi connectivity index (χ4n) is 4.29. The van der Waals surface area contributed by atoms with Crippen molar-refractivity contribution < 1.29 is 19.0 Å². The molecule has 0 saturated carbocycles. The lowest BCUT2D eigenvalue weighted by Gasteiger charge is -2.27. The second-order valence-electron chi connectivity index (χ2n) is 8.11. The zero-order valence-electron chi connectivity index (χ0n) is 17.4. The molecule has 0 aromatic heterocycles. The molecule has 0 bridgehead atoms. The van der Waals surface area contributed by atoms with Crippen LogP contribution in [0, 0.1) is 6.92 Å². The van der Waals surface area contributed by atoms with E-state index < -0.39 is 0 Å². The molecule has 4 rings (SSSR count). The highest BCUT2D eigenvalue weighted by atomic mass is 16.6. The lowest BCUT2D eigenvalue weighted by atomic mass is 9.98. The maximum absolute atomic E-state index is 12.9. The Balaban J connectivity index is 1.42. The molecule has 1 atom stereocenters. The topological polar surface area (TPSA) is 48.0 Å². The third-order valence-corrected chi connectivity index (χ3v) is 5.75. The lowest BCUT2D eigenvalue weighted by molar-refractivity contribution is -0.134. The molecule has 0 spiro atoms. The van der Waals surface area contributed by atoms with Gasteiger partial charge in [-0.25, -0.2) is 0 Å². The second-order valence-corrected chi connectivity index (χ2v) is 8.11. The zero-order valence-corrected chi connectivity index (χ0v) is 17.4. The van der Waals surface area contributed by atoms with Gasteiger partial charge in [0.05, 0.1) is 6.04 Å². The Kier molecular flexibility index (Phi) is 5.65. The van der Waals surface area contributed by atoms with E-state index in [1.807, 2.05) is 35.2 Å². The van der Waals surface area contributed by atoms with Crippen LogP contribution in [0.4, 0.5) is 0 Å². The summed E-state index contributed by atoms with van der Waals surface area (Å²) in [7, 11) is 0. The molecule has 154 valence electrons. The molecule has 2 aromatic carbocycles. The quantitative estimate of drug-likeness (QED) is 0.740. The van der Waals surface area contributed by atoms with Gasteiger partial charge >= 0.3 is 0 Å². The minimum absolute atomic E-state index is 0.0213. The summed E-state index contributed by atoms with van der Waals surface area (Å²) in [4.78, 5) is 14.8. The summed E-state index contributed by atoms with van der Waals surface area (Å²) < 4.78 is 17.2. The third-order valence-electron chi connectivity index (χ3n) is 5.75. The Morgan fingerprint density at radius 2 is 1.93 bits per heavy atom. The molecule has 5 heteroatoms. The number of amides is 1. The van der Waals surface area contributed by atoms with E-state index in [0.29, 0.717) is 19.1 Å². The standard InChI is InChI=1S/C24H29NO4/c1-16(2)20-8-7-19(13-17(20)3)29-15-24(26)25-10-4-5-21(25)18-6-9-22-23(14-18)28-12-11-27-22/h6-9,13-14,16,21H,4-5,10-12,15H2,1-3H3/t21-/m1/s1. The highest BCUT2D eigenvalue weighted by molar-refractivity contribution is 5.78. The van der Waals surface area contributed by atoms with Gasteiger partial charge in [0.25, 0.3) is 5.91 Å². The molecular weight excluding hydrogens is 366 g/mol. The minimum atomic E-state index is 0.0213. The summed E-state index contributed by atoms with van der Waals surface area (Å²) in [5, 5.41) is 0. The molecule has 2 heterocycles. The Morgan fingerprint density at radius 3 is 2.69 bits per heavy atom. The highest BCUT2D eigenvalue weighted by Crippen LogP contribution is 2.38. The fourth-order valence-corrected chi connectivity index (χ4v) is 4.29. The van der Waals surface area contributed by atoms with Crippen molar-refractivity contribution in [2.24, 2.45) is 0 Å². The molecular formula is C24H29NO4. The highest BCUT2D eigenvalue weighted by Gasteiger charge is 2.31. The van der Waals surface area contributed by atoms with E-state index in [4.69, 9.17) is 14.2 Å². The Hall–Kier alpha value is -2.69. The van der Waals surface area contributed by atoms with Gasteiger partial charge in [-0.05, 0) is 66.6 Å². The first-order valence-corrected chi connectivity index (χ1v) is 10.5. The van der Waals surface area contributed by atoms with Crippen LogP contribution in [0.15, 0.2) is 36.4 Å². The van der Waals surface area contributed by atoms with Crippen molar-refractivity contribution in [1.29, 1.82) is 0 Å². The number of carbonyl (C=O) groups is 1. The number of hydrogen-bond donors (Lipinski definition) is 0. The predicted octanol–water partition coefficient (Wildman–Crippen LogP) is 4.63. The first-order valence-electron chi connectivity index (χ1n) is 10.5. The number of carbonyl (C=O) groups excluding carboxylic acids is 1. The van der Waals surface area contributed by atoms with Crippen molar-refractivity contribution in [3.63, 3.8) is 0 Å². The van der Waals surface area contributed by atoms with Gasteiger partial charge in [0.1, 0.15) is 19.0 Å². The second kappa shape index (κ2) is 8.36. The van der Waals surface area contributed by atoms with Crippen LogP contribution >= 0.6 is 0 Å². The molecule has 0 N–H and O–H groups in total. The predicted molar refractivity (Wildman–Crippen MR) is 112 cm³/mol. The number of hydrogen-bond acceptors (Lipinski definition) is 4. The van der Waals surface area contributed by atoms with Crippen LogP contribution in [0.1, 0.15) is 55.3 Å². The Labute approximate surface area is 172 Å². The van der Waals surface area contributed by atoms with Gasteiger partial charge in [0.15, 0.2) is 18.1 Å². The molecule has 2 aliphatic heterocycles. The smallest absolute Gasteiger partial charge is 0.261 e. The number of nitrogens with zero attached hydrogens (tertiary/aromatic N) is 1. The van der Waals surface area contributed by atoms with Gasteiger partial charge in [0.2, 0.25) is 0 Å². The molecule has 0 radical (unpaired) electrons. The van der Waals surface area contributed by atoms with Crippen molar-refractivity contribution in [2.75, 3.05) is 26.4 Å². The molecule has 2 aliphatic rings. The summed E-state index contributed by atoms with van der Waals surface area (Å²) in [5.74, 6) is 2.79. The summed E-state index contributed by atoms with van der Waals surface area (Å²) in [6, 6.07) is 12.1. The van der Waals surface area contributed by atoms with E-state index in [-0.39, 0.29) is 18.6 Å². The van der Waals surface area contributed by atoms with Crippen molar-refractivity contribution in [3.05, 3.63) is 53.1 Å². The lowest BCUT2D eigenvalue weighted by Crippen LogP contribution is -2.34. The first kappa shape index (κ1) is 19.6. The van der Waals surface area contributed by atoms with Crippen LogP contribution in [-0.2, 0) is 4.79 Å². The summed E-state index contributed by atoms with van der Waals surface area (Å²) in [6.07, 6.45) is 1.95. The molecule has 29 heavy (non-hydrogen) atoms. The van der Waals surface area contributed by atoms with Crippen molar-refractivity contribution in [3.8, 4) is 17.2 Å². The normalized spacial score (nSPS) is 18.2. The number of likely N-dealkylation sites (tertiary alicyclic amines) is 1. The van der Waals surface area contributed by atoms with E-state index in [1.54, 1.807) is 0 Å². The van der Waals surface area contributed by atoms with Crippen LogP contribution in [0.5, 0.6) is 17.2 Å². The first-order chi connectivity index (χ1) is 14.0. The minimum Gasteiger partial charge on any atom is -0.486 e. The Morgan fingerprint density at radius 1 is 1.14 bits per heavy atom. The van der Waals surface area contributed by atoms with Gasteiger partial charge in [-0.1, -0.05) is 26.0 Å². The van der Waals surface area contributed by atoms with Crippen LogP contribution in [0.2, 0.25) is 0 Å². The maximum atomic E-state index is 12.9. The number of aryl methyl sites for hydroxylation is 1. The molecule has 0 unspecified atom stereocenters. The summed E-state index contributed by atoms with van der Waals surface area (Å²) in [6.45, 7) is 8.40. The number of ether oxygens (including phenoxy) is 3. The molecule has 1 saturated heterocycles. The van der Waals surface area contributed by atoms with E-state index in [0.717, 1.165) is 42.2 Å². The molecule has 1 fully saturated rings. The Bertz CT molecular complexity index is 892. The molecule has 2 aromatic rings. The molecule has 1 amide bonds. The zero-order chi connectivity index (χ0) is 20.4. The van der Waals surface area contributed by atoms with Gasteiger partial charge in [0, 0.05) is 6.54 Å². The molecule has 5 nitrogen and oxygen atoms in total. The monoisotopic (exact) mass is 395 g/mol. The van der Waals surface area contributed by atoms with Gasteiger partial charge in [-0.15, -0.1) is 0 Å².